The second kappa shape index (κ2) is 7.34. The van der Waals surface area contributed by atoms with Gasteiger partial charge in [-0.25, -0.2) is 9.07 Å². The van der Waals surface area contributed by atoms with Crippen LogP contribution in [0, 0.1) is 5.82 Å². The summed E-state index contributed by atoms with van der Waals surface area (Å²) < 4.78 is 20.2. The third-order valence-electron chi connectivity index (χ3n) is 2.65. The highest BCUT2D eigenvalue weighted by Gasteiger charge is 2.04. The smallest absolute Gasteiger partial charge is 0.234 e. The summed E-state index contributed by atoms with van der Waals surface area (Å²) in [6, 6.07) is 6.20. The monoisotopic (exact) mass is 293 g/mol. The third kappa shape index (κ3) is 4.53. The molecule has 7 nitrogen and oxygen atoms in total. The normalized spacial score (nSPS) is 10.4. The van der Waals surface area contributed by atoms with E-state index >= 15 is 0 Å². The van der Waals surface area contributed by atoms with Crippen LogP contribution in [0.2, 0.25) is 0 Å². The van der Waals surface area contributed by atoms with Crippen molar-refractivity contribution in [2.45, 2.75) is 13.1 Å². The number of aromatic nitrogens is 3. The molecule has 112 valence electrons. The van der Waals surface area contributed by atoms with Crippen molar-refractivity contribution in [1.29, 1.82) is 0 Å². The maximum absolute atomic E-state index is 13.3. The van der Waals surface area contributed by atoms with Gasteiger partial charge in [0.15, 0.2) is 11.6 Å². The predicted octanol–water partition coefficient (Wildman–Crippen LogP) is 0.0711. The van der Waals surface area contributed by atoms with Crippen molar-refractivity contribution >= 4 is 5.91 Å². The third-order valence-corrected chi connectivity index (χ3v) is 2.65. The van der Waals surface area contributed by atoms with E-state index in [1.54, 1.807) is 29.1 Å². The molecule has 8 heteroatoms. The lowest BCUT2D eigenvalue weighted by molar-refractivity contribution is -0.119. The molecule has 21 heavy (non-hydrogen) atoms. The van der Waals surface area contributed by atoms with Crippen LogP contribution >= 0.6 is 0 Å². The van der Waals surface area contributed by atoms with E-state index in [4.69, 9.17) is 10.5 Å². The second-order valence-corrected chi connectivity index (χ2v) is 4.23. The molecule has 2 aromatic rings. The average Bonchev–Trinajstić information content (AvgIpc) is 2.94. The van der Waals surface area contributed by atoms with Crippen LogP contribution < -0.4 is 15.8 Å². The number of carbonyl (C=O) groups is 1. The Bertz CT molecular complexity index is 602. The van der Waals surface area contributed by atoms with Crippen molar-refractivity contribution in [3.05, 3.63) is 42.0 Å². The number of hydrogen-bond acceptors (Lipinski definition) is 5. The molecule has 3 N–H and O–H groups in total. The number of nitrogens with two attached hydrogens (primary N) is 1. The van der Waals surface area contributed by atoms with Crippen LogP contribution in [0.25, 0.3) is 0 Å². The van der Waals surface area contributed by atoms with Crippen LogP contribution in [-0.4, -0.2) is 34.1 Å². The van der Waals surface area contributed by atoms with Crippen LogP contribution in [0.15, 0.2) is 30.5 Å². The van der Waals surface area contributed by atoms with E-state index in [0.29, 0.717) is 12.2 Å². The number of benzene rings is 1. The van der Waals surface area contributed by atoms with Crippen molar-refractivity contribution in [2.24, 2.45) is 5.73 Å². The van der Waals surface area contributed by atoms with Crippen molar-refractivity contribution in [2.75, 3.05) is 13.2 Å². The molecule has 0 aliphatic heterocycles. The van der Waals surface area contributed by atoms with Crippen LogP contribution in [0.4, 0.5) is 4.39 Å². The van der Waals surface area contributed by atoms with Gasteiger partial charge in [0.25, 0.3) is 0 Å². The summed E-state index contributed by atoms with van der Waals surface area (Å²) in [6.07, 6.45) is 1.68. The molecule has 0 aliphatic rings. The fourth-order valence-corrected chi connectivity index (χ4v) is 1.60. The maximum atomic E-state index is 13.3. The molecule has 0 saturated carbocycles. The first-order valence-corrected chi connectivity index (χ1v) is 6.42. The molecule has 1 aromatic carbocycles. The van der Waals surface area contributed by atoms with E-state index in [-0.39, 0.29) is 31.4 Å². The lowest BCUT2D eigenvalue weighted by atomic mass is 10.3. The fourth-order valence-electron chi connectivity index (χ4n) is 1.60. The van der Waals surface area contributed by atoms with Gasteiger partial charge < -0.3 is 15.8 Å². The number of amides is 1. The van der Waals surface area contributed by atoms with Crippen molar-refractivity contribution in [3.8, 4) is 5.75 Å². The summed E-state index contributed by atoms with van der Waals surface area (Å²) in [5.41, 5.74) is 5.79. The Morgan fingerprint density at radius 2 is 2.24 bits per heavy atom. The number of carbonyl (C=O) groups excluding carboxylic acids is 1. The standard InChI is InChI=1S/C13H16FN5O2/c14-11-3-1-2-4-12(11)21-6-5-19-9-10(17-18-19)8-16-13(20)7-15/h1-4,9H,5-8,15H2,(H,16,20). The average molecular weight is 293 g/mol. The molecule has 0 fully saturated rings. The molecular weight excluding hydrogens is 277 g/mol. The summed E-state index contributed by atoms with van der Waals surface area (Å²) in [7, 11) is 0. The van der Waals surface area contributed by atoms with E-state index in [1.165, 1.54) is 6.07 Å². The molecule has 1 aromatic heterocycles. The van der Waals surface area contributed by atoms with Crippen LogP contribution in [-0.2, 0) is 17.9 Å². The highest BCUT2D eigenvalue weighted by molar-refractivity contribution is 5.77. The van der Waals surface area contributed by atoms with Crippen LogP contribution in [0.1, 0.15) is 5.69 Å². The Morgan fingerprint density at radius 3 is 3.00 bits per heavy atom. The first kappa shape index (κ1) is 14.9. The summed E-state index contributed by atoms with van der Waals surface area (Å²) >= 11 is 0. The topological polar surface area (TPSA) is 95.1 Å². The summed E-state index contributed by atoms with van der Waals surface area (Å²) in [5, 5.41) is 10.4. The van der Waals surface area contributed by atoms with Crippen molar-refractivity contribution < 1.29 is 13.9 Å². The first-order valence-electron chi connectivity index (χ1n) is 6.42. The van der Waals surface area contributed by atoms with Gasteiger partial charge in [-0.05, 0) is 12.1 Å². The molecule has 0 saturated heterocycles. The fraction of sp³-hybridized carbons (Fsp3) is 0.308. The summed E-state index contributed by atoms with van der Waals surface area (Å²) in [5.74, 6) is -0.457. The first-order chi connectivity index (χ1) is 10.2. The van der Waals surface area contributed by atoms with E-state index in [0.717, 1.165) is 0 Å². The zero-order valence-corrected chi connectivity index (χ0v) is 11.3. The number of nitrogens with one attached hydrogen (secondary N) is 1. The number of nitrogens with zero attached hydrogens (tertiary/aromatic N) is 3. The zero-order chi connectivity index (χ0) is 15.1. The number of hydrogen-bond donors (Lipinski definition) is 2. The minimum Gasteiger partial charge on any atom is -0.489 e. The van der Waals surface area contributed by atoms with Gasteiger partial charge in [-0.1, -0.05) is 17.3 Å². The quantitative estimate of drug-likeness (QED) is 0.753. The van der Waals surface area contributed by atoms with Gasteiger partial charge in [-0.3, -0.25) is 4.79 Å². The lowest BCUT2D eigenvalue weighted by Gasteiger charge is -2.06. The highest BCUT2D eigenvalue weighted by Crippen LogP contribution is 2.15. The van der Waals surface area contributed by atoms with Gasteiger partial charge in [0.1, 0.15) is 12.3 Å². The van der Waals surface area contributed by atoms with Crippen molar-refractivity contribution in [1.82, 2.24) is 20.3 Å². The molecule has 0 bridgehead atoms. The SMILES string of the molecule is NCC(=O)NCc1cn(CCOc2ccccc2F)nn1. The minimum atomic E-state index is -0.402. The van der Waals surface area contributed by atoms with Crippen LogP contribution in [0.5, 0.6) is 5.75 Å². The summed E-state index contributed by atoms with van der Waals surface area (Å²) in [6.45, 7) is 0.889. The predicted molar refractivity (Wildman–Crippen MR) is 72.8 cm³/mol. The minimum absolute atomic E-state index is 0.0649. The Hall–Kier alpha value is -2.48. The van der Waals surface area contributed by atoms with Gasteiger partial charge in [0.05, 0.1) is 25.8 Å². The van der Waals surface area contributed by atoms with Gasteiger partial charge in [-0.15, -0.1) is 5.10 Å². The lowest BCUT2D eigenvalue weighted by Crippen LogP contribution is -2.29. The van der Waals surface area contributed by atoms with E-state index in [2.05, 4.69) is 15.6 Å². The Balaban J connectivity index is 1.78. The molecular formula is C13H16FN5O2. The van der Waals surface area contributed by atoms with Crippen molar-refractivity contribution in [3.63, 3.8) is 0 Å². The van der Waals surface area contributed by atoms with E-state index in [9.17, 15) is 9.18 Å². The molecule has 0 radical (unpaired) electrons. The van der Waals surface area contributed by atoms with E-state index < -0.39 is 5.82 Å². The Morgan fingerprint density at radius 1 is 1.43 bits per heavy atom. The second-order valence-electron chi connectivity index (χ2n) is 4.23. The molecule has 1 amide bonds. The molecule has 0 aliphatic carbocycles. The number of rotatable bonds is 7. The van der Waals surface area contributed by atoms with E-state index in [1.807, 2.05) is 0 Å². The van der Waals surface area contributed by atoms with Crippen LogP contribution in [0.3, 0.4) is 0 Å². The molecule has 1 heterocycles. The molecule has 0 spiro atoms. The molecule has 0 unspecified atom stereocenters. The zero-order valence-electron chi connectivity index (χ0n) is 11.3. The Kier molecular flexibility index (Phi) is 5.22. The number of para-hydroxylation sites is 1. The maximum Gasteiger partial charge on any atom is 0.234 e. The van der Waals surface area contributed by atoms with Gasteiger partial charge >= 0.3 is 0 Å². The molecule has 0 atom stereocenters. The van der Waals surface area contributed by atoms with Gasteiger partial charge in [0.2, 0.25) is 5.91 Å². The number of ether oxygens (including phenoxy) is 1. The highest BCUT2D eigenvalue weighted by atomic mass is 19.1. The van der Waals surface area contributed by atoms with Gasteiger partial charge in [0, 0.05) is 0 Å². The Labute approximate surface area is 120 Å². The summed E-state index contributed by atoms with van der Waals surface area (Å²) in [4.78, 5) is 11.0. The number of halogens is 1. The van der Waals surface area contributed by atoms with Gasteiger partial charge in [-0.2, -0.15) is 0 Å². The largest absolute Gasteiger partial charge is 0.489 e. The molecule has 2 rings (SSSR count).